The van der Waals surface area contributed by atoms with Gasteiger partial charge in [-0.2, -0.15) is 5.10 Å². The van der Waals surface area contributed by atoms with E-state index in [-0.39, 0.29) is 0 Å². The molecule has 1 saturated carbocycles. The number of nitrogens with zero attached hydrogens (tertiary/aromatic N) is 2. The van der Waals surface area contributed by atoms with Crippen LogP contribution in [0.1, 0.15) is 31.7 Å². The average molecular weight is 290 g/mol. The van der Waals surface area contributed by atoms with Crippen LogP contribution in [0.15, 0.2) is 30.5 Å². The van der Waals surface area contributed by atoms with Gasteiger partial charge in [-0.3, -0.25) is 4.68 Å². The van der Waals surface area contributed by atoms with E-state index in [4.69, 9.17) is 11.6 Å². The zero-order valence-electron chi connectivity index (χ0n) is 11.8. The van der Waals surface area contributed by atoms with Gasteiger partial charge in [-0.1, -0.05) is 30.7 Å². The lowest BCUT2D eigenvalue weighted by molar-refractivity contribution is 0.609. The first kappa shape index (κ1) is 13.7. The fraction of sp³-hybridized carbons (Fsp3) is 0.438. The second-order valence-corrected chi connectivity index (χ2v) is 5.82. The summed E-state index contributed by atoms with van der Waals surface area (Å²) in [5.74, 6) is 0. The van der Waals surface area contributed by atoms with E-state index in [0.717, 1.165) is 41.8 Å². The largest absolute Gasteiger partial charge is 0.310 e. The topological polar surface area (TPSA) is 29.9 Å². The molecule has 1 aromatic heterocycles. The van der Waals surface area contributed by atoms with Crippen LogP contribution in [0.5, 0.6) is 0 Å². The third kappa shape index (κ3) is 3.05. The van der Waals surface area contributed by atoms with Crippen molar-refractivity contribution in [2.75, 3.05) is 0 Å². The van der Waals surface area contributed by atoms with Crippen LogP contribution < -0.4 is 5.32 Å². The number of benzene rings is 1. The maximum atomic E-state index is 6.46. The Morgan fingerprint density at radius 2 is 2.20 bits per heavy atom. The molecule has 0 spiro atoms. The Bertz CT molecular complexity index is 587. The Kier molecular flexibility index (Phi) is 4.08. The minimum Gasteiger partial charge on any atom is -0.310 e. The molecule has 0 unspecified atom stereocenters. The average Bonchev–Trinajstić information content (AvgIpc) is 3.17. The highest BCUT2D eigenvalue weighted by molar-refractivity contribution is 6.33. The van der Waals surface area contributed by atoms with Gasteiger partial charge in [0.1, 0.15) is 0 Å². The van der Waals surface area contributed by atoms with Gasteiger partial charge in [0.15, 0.2) is 0 Å². The van der Waals surface area contributed by atoms with Crippen molar-refractivity contribution in [3.8, 4) is 11.3 Å². The SMILES string of the molecule is CCCn1nccc1-c1ccc(CNC2CC2)cc1Cl. The van der Waals surface area contributed by atoms with Crippen LogP contribution in [-0.2, 0) is 13.1 Å². The second kappa shape index (κ2) is 5.98. The lowest BCUT2D eigenvalue weighted by atomic mass is 10.1. The van der Waals surface area contributed by atoms with Gasteiger partial charge in [-0.25, -0.2) is 0 Å². The molecule has 3 nitrogen and oxygen atoms in total. The van der Waals surface area contributed by atoms with E-state index in [2.05, 4.69) is 35.5 Å². The number of hydrogen-bond donors (Lipinski definition) is 1. The third-order valence-corrected chi connectivity index (χ3v) is 3.95. The van der Waals surface area contributed by atoms with Crippen molar-refractivity contribution in [3.63, 3.8) is 0 Å². The summed E-state index contributed by atoms with van der Waals surface area (Å²) in [6.45, 7) is 3.97. The van der Waals surface area contributed by atoms with Crippen molar-refractivity contribution in [2.45, 2.75) is 45.3 Å². The zero-order valence-corrected chi connectivity index (χ0v) is 12.5. The summed E-state index contributed by atoms with van der Waals surface area (Å²) >= 11 is 6.46. The molecule has 0 bridgehead atoms. The smallest absolute Gasteiger partial charge is 0.0697 e. The molecule has 0 saturated heterocycles. The molecule has 1 heterocycles. The molecule has 4 heteroatoms. The van der Waals surface area contributed by atoms with Crippen molar-refractivity contribution in [1.29, 1.82) is 0 Å². The Balaban J connectivity index is 1.80. The van der Waals surface area contributed by atoms with Gasteiger partial charge in [-0.15, -0.1) is 0 Å². The summed E-state index contributed by atoms with van der Waals surface area (Å²) in [6, 6.07) is 9.07. The van der Waals surface area contributed by atoms with Crippen molar-refractivity contribution < 1.29 is 0 Å². The zero-order chi connectivity index (χ0) is 13.9. The lowest BCUT2D eigenvalue weighted by Crippen LogP contribution is -2.15. The quantitative estimate of drug-likeness (QED) is 0.875. The summed E-state index contributed by atoms with van der Waals surface area (Å²) in [7, 11) is 0. The number of aromatic nitrogens is 2. The highest BCUT2D eigenvalue weighted by atomic mass is 35.5. The fourth-order valence-electron chi connectivity index (χ4n) is 2.38. The van der Waals surface area contributed by atoms with Crippen LogP contribution in [0.3, 0.4) is 0 Å². The standard InChI is InChI=1S/C16H20ClN3/c1-2-9-20-16(7-8-19-20)14-6-3-12(10-15(14)17)11-18-13-4-5-13/h3,6-8,10,13,18H,2,4-5,9,11H2,1H3. The van der Waals surface area contributed by atoms with Crippen molar-refractivity contribution in [1.82, 2.24) is 15.1 Å². The number of nitrogens with one attached hydrogen (secondary N) is 1. The molecule has 2 aromatic rings. The van der Waals surface area contributed by atoms with Crippen LogP contribution in [0, 0.1) is 0 Å². The van der Waals surface area contributed by atoms with Gasteiger partial charge in [0, 0.05) is 30.9 Å². The van der Waals surface area contributed by atoms with Gasteiger partial charge in [-0.05, 0) is 37.0 Å². The molecule has 20 heavy (non-hydrogen) atoms. The molecule has 1 aliphatic carbocycles. The molecule has 1 fully saturated rings. The molecular weight excluding hydrogens is 270 g/mol. The summed E-state index contributed by atoms with van der Waals surface area (Å²) in [6.07, 6.45) is 5.52. The maximum absolute atomic E-state index is 6.46. The molecular formula is C16H20ClN3. The Morgan fingerprint density at radius 1 is 1.35 bits per heavy atom. The number of rotatable bonds is 6. The monoisotopic (exact) mass is 289 g/mol. The lowest BCUT2D eigenvalue weighted by Gasteiger charge is -2.10. The van der Waals surface area contributed by atoms with Crippen molar-refractivity contribution in [2.24, 2.45) is 0 Å². The number of halogens is 1. The highest BCUT2D eigenvalue weighted by Gasteiger charge is 2.20. The normalized spacial score (nSPS) is 14.7. The summed E-state index contributed by atoms with van der Waals surface area (Å²) in [5, 5.41) is 8.67. The van der Waals surface area contributed by atoms with Gasteiger partial charge < -0.3 is 5.32 Å². The van der Waals surface area contributed by atoms with Crippen LogP contribution in [0.2, 0.25) is 5.02 Å². The predicted octanol–water partition coefficient (Wildman–Crippen LogP) is 3.87. The summed E-state index contributed by atoms with van der Waals surface area (Å²) < 4.78 is 2.02. The van der Waals surface area contributed by atoms with E-state index in [9.17, 15) is 0 Å². The van der Waals surface area contributed by atoms with Gasteiger partial charge >= 0.3 is 0 Å². The first-order valence-electron chi connectivity index (χ1n) is 7.32. The highest BCUT2D eigenvalue weighted by Crippen LogP contribution is 2.29. The minimum absolute atomic E-state index is 0.722. The van der Waals surface area contributed by atoms with E-state index in [1.165, 1.54) is 18.4 Å². The first-order valence-corrected chi connectivity index (χ1v) is 7.69. The minimum atomic E-state index is 0.722. The van der Waals surface area contributed by atoms with Gasteiger partial charge in [0.25, 0.3) is 0 Å². The Hall–Kier alpha value is -1.32. The number of aryl methyl sites for hydroxylation is 1. The van der Waals surface area contributed by atoms with E-state index in [0.29, 0.717) is 0 Å². The molecule has 3 rings (SSSR count). The molecule has 1 aromatic carbocycles. The van der Waals surface area contributed by atoms with Gasteiger partial charge in [0.2, 0.25) is 0 Å². The molecule has 0 amide bonds. The molecule has 0 aliphatic heterocycles. The van der Waals surface area contributed by atoms with Crippen LogP contribution in [0.25, 0.3) is 11.3 Å². The van der Waals surface area contributed by atoms with E-state index in [1.807, 2.05) is 16.9 Å². The second-order valence-electron chi connectivity index (χ2n) is 5.41. The van der Waals surface area contributed by atoms with Crippen molar-refractivity contribution >= 4 is 11.6 Å². The maximum Gasteiger partial charge on any atom is 0.0697 e. The van der Waals surface area contributed by atoms with E-state index < -0.39 is 0 Å². The third-order valence-electron chi connectivity index (χ3n) is 3.63. The summed E-state index contributed by atoms with van der Waals surface area (Å²) in [4.78, 5) is 0. The van der Waals surface area contributed by atoms with Crippen LogP contribution in [0.4, 0.5) is 0 Å². The van der Waals surface area contributed by atoms with Crippen LogP contribution in [-0.4, -0.2) is 15.8 Å². The number of hydrogen-bond acceptors (Lipinski definition) is 2. The Labute approximate surface area is 124 Å². The molecule has 0 atom stereocenters. The first-order chi connectivity index (χ1) is 9.78. The van der Waals surface area contributed by atoms with E-state index >= 15 is 0 Å². The molecule has 106 valence electrons. The molecule has 1 N–H and O–H groups in total. The van der Waals surface area contributed by atoms with E-state index in [1.54, 1.807) is 0 Å². The summed E-state index contributed by atoms with van der Waals surface area (Å²) in [5.41, 5.74) is 3.40. The van der Waals surface area contributed by atoms with Crippen molar-refractivity contribution in [3.05, 3.63) is 41.0 Å². The van der Waals surface area contributed by atoms with Gasteiger partial charge in [0.05, 0.1) is 10.7 Å². The molecule has 0 radical (unpaired) electrons. The van der Waals surface area contributed by atoms with Crippen LogP contribution >= 0.6 is 11.6 Å². The Morgan fingerprint density at radius 3 is 2.90 bits per heavy atom. The predicted molar refractivity (Wildman–Crippen MR) is 82.8 cm³/mol. The fourth-order valence-corrected chi connectivity index (χ4v) is 2.68. The molecule has 1 aliphatic rings.